The first-order chi connectivity index (χ1) is 13.1. The van der Waals surface area contributed by atoms with Crippen LogP contribution < -0.4 is 9.64 Å². The number of anilines is 1. The maximum atomic E-state index is 5.35. The molecule has 0 atom stereocenters. The Kier molecular flexibility index (Phi) is 6.26. The zero-order chi connectivity index (χ0) is 19.4. The van der Waals surface area contributed by atoms with Gasteiger partial charge in [0, 0.05) is 31.0 Å². The molecule has 0 unspecified atom stereocenters. The number of hydrogen-bond donors (Lipinski definition) is 0. The third kappa shape index (κ3) is 3.76. The van der Waals surface area contributed by atoms with Crippen molar-refractivity contribution in [1.82, 2.24) is 14.4 Å². The van der Waals surface area contributed by atoms with Crippen LogP contribution >= 0.6 is 11.8 Å². The second-order valence-corrected chi connectivity index (χ2v) is 7.38. The summed E-state index contributed by atoms with van der Waals surface area (Å²) in [7, 11) is 1.69. The molecular weight excluding hydrogens is 356 g/mol. The number of fused-ring (bicyclic) bond motifs is 1. The van der Waals surface area contributed by atoms with Crippen molar-refractivity contribution in [3.8, 4) is 17.0 Å². The molecule has 0 aliphatic carbocycles. The van der Waals surface area contributed by atoms with Crippen LogP contribution in [0.5, 0.6) is 5.75 Å². The smallest absolute Gasteiger partial charge is 0.166 e. The molecule has 0 aliphatic rings. The highest BCUT2D eigenvalue weighted by Gasteiger charge is 2.20. The average Bonchev–Trinajstić information content (AvgIpc) is 3.06. The van der Waals surface area contributed by atoms with Crippen LogP contribution in [-0.4, -0.2) is 40.8 Å². The van der Waals surface area contributed by atoms with Gasteiger partial charge >= 0.3 is 0 Å². The van der Waals surface area contributed by atoms with E-state index in [2.05, 4.69) is 47.4 Å². The van der Waals surface area contributed by atoms with Gasteiger partial charge in [-0.05, 0) is 49.8 Å². The normalized spacial score (nSPS) is 11.1. The maximum absolute atomic E-state index is 5.35. The Balaban J connectivity index is 2.20. The van der Waals surface area contributed by atoms with Crippen LogP contribution in [0.15, 0.2) is 35.6 Å². The zero-order valence-electron chi connectivity index (χ0n) is 16.8. The van der Waals surface area contributed by atoms with E-state index in [1.807, 2.05) is 24.5 Å². The van der Waals surface area contributed by atoms with Crippen LogP contribution in [0.4, 0.5) is 5.82 Å². The number of methoxy groups -OCH3 is 1. The molecule has 3 aromatic rings. The van der Waals surface area contributed by atoms with Crippen molar-refractivity contribution >= 4 is 23.2 Å². The number of hydrogen-bond acceptors (Lipinski definition) is 5. The van der Waals surface area contributed by atoms with E-state index in [1.165, 1.54) is 5.82 Å². The summed E-state index contributed by atoms with van der Waals surface area (Å²) in [5.41, 5.74) is 4.03. The van der Waals surface area contributed by atoms with E-state index < -0.39 is 0 Å². The summed E-state index contributed by atoms with van der Waals surface area (Å²) in [6.07, 6.45) is 8.20. The van der Waals surface area contributed by atoms with Gasteiger partial charge in [-0.2, -0.15) is 0 Å². The third-order valence-electron chi connectivity index (χ3n) is 4.65. The number of imidazole rings is 1. The average molecular weight is 385 g/mol. The Morgan fingerprint density at radius 2 is 1.93 bits per heavy atom. The highest BCUT2D eigenvalue weighted by Crippen LogP contribution is 2.34. The molecule has 3 rings (SSSR count). The Morgan fingerprint density at radius 1 is 1.19 bits per heavy atom. The molecule has 144 valence electrons. The molecule has 1 aromatic carbocycles. The van der Waals surface area contributed by atoms with Gasteiger partial charge in [0.15, 0.2) is 5.65 Å². The van der Waals surface area contributed by atoms with Crippen molar-refractivity contribution in [1.29, 1.82) is 0 Å². The van der Waals surface area contributed by atoms with E-state index in [1.54, 1.807) is 18.9 Å². The molecule has 2 heterocycles. The molecule has 0 saturated carbocycles. The van der Waals surface area contributed by atoms with Crippen molar-refractivity contribution in [2.24, 2.45) is 0 Å². The minimum absolute atomic E-state index is 0.856. The molecule has 6 heteroatoms. The van der Waals surface area contributed by atoms with Gasteiger partial charge in [-0.25, -0.2) is 4.98 Å². The first-order valence-corrected chi connectivity index (χ1v) is 10.7. The Morgan fingerprint density at radius 3 is 2.52 bits per heavy atom. The number of ether oxygens (including phenoxy) is 1. The standard InChI is InChI=1S/C21H28N4OS/c1-6-11-24(12-7-2)21-20(27-5)23-19-18(22-10-13-25(19)21)17-9-8-16(26-4)14-15(17)3/h8-10,13-14H,6-7,11-12H2,1-5H3. The van der Waals surface area contributed by atoms with Crippen LogP contribution in [0.1, 0.15) is 32.3 Å². The summed E-state index contributed by atoms with van der Waals surface area (Å²) < 4.78 is 7.55. The summed E-state index contributed by atoms with van der Waals surface area (Å²) in [6, 6.07) is 6.09. The SMILES string of the molecule is CCCN(CCC)c1c(SC)nc2c(-c3ccc(OC)cc3C)nccn12. The van der Waals surface area contributed by atoms with Crippen molar-refractivity contribution in [2.75, 3.05) is 31.4 Å². The summed E-state index contributed by atoms with van der Waals surface area (Å²) in [5, 5.41) is 1.05. The first-order valence-electron chi connectivity index (χ1n) is 9.45. The monoisotopic (exact) mass is 384 g/mol. The van der Waals surface area contributed by atoms with Crippen LogP contribution in [0.25, 0.3) is 16.9 Å². The second-order valence-electron chi connectivity index (χ2n) is 6.58. The fourth-order valence-corrected chi connectivity index (χ4v) is 4.04. The number of aryl methyl sites for hydroxylation is 1. The van der Waals surface area contributed by atoms with Crippen molar-refractivity contribution < 1.29 is 4.74 Å². The maximum Gasteiger partial charge on any atom is 0.166 e. The lowest BCUT2D eigenvalue weighted by Gasteiger charge is -2.24. The quantitative estimate of drug-likeness (QED) is 0.508. The van der Waals surface area contributed by atoms with Gasteiger partial charge in [0.2, 0.25) is 0 Å². The summed E-state index contributed by atoms with van der Waals surface area (Å²) in [6.45, 7) is 8.57. The molecule has 0 saturated heterocycles. The van der Waals surface area contributed by atoms with Crippen LogP contribution in [0.2, 0.25) is 0 Å². The molecule has 0 aliphatic heterocycles. The van der Waals surface area contributed by atoms with Gasteiger partial charge in [0.05, 0.1) is 7.11 Å². The van der Waals surface area contributed by atoms with Gasteiger partial charge in [-0.3, -0.25) is 9.38 Å². The molecule has 0 bridgehead atoms. The minimum atomic E-state index is 0.856. The Labute approximate surface area is 165 Å². The molecule has 0 spiro atoms. The molecular formula is C21H28N4OS. The summed E-state index contributed by atoms with van der Waals surface area (Å²) in [5.74, 6) is 2.03. The predicted octanol–water partition coefficient (Wildman–Crippen LogP) is 5.06. The number of thioether (sulfide) groups is 1. The molecule has 0 fully saturated rings. The number of aromatic nitrogens is 3. The van der Waals surface area contributed by atoms with Gasteiger partial charge < -0.3 is 9.64 Å². The fraction of sp³-hybridized carbons (Fsp3) is 0.429. The summed E-state index contributed by atoms with van der Waals surface area (Å²) in [4.78, 5) is 12.1. The van der Waals surface area contributed by atoms with Crippen molar-refractivity contribution in [2.45, 2.75) is 38.6 Å². The van der Waals surface area contributed by atoms with E-state index in [0.717, 1.165) is 59.2 Å². The second kappa shape index (κ2) is 8.65. The van der Waals surface area contributed by atoms with E-state index in [-0.39, 0.29) is 0 Å². The van der Waals surface area contributed by atoms with Crippen molar-refractivity contribution in [3.63, 3.8) is 0 Å². The zero-order valence-corrected chi connectivity index (χ0v) is 17.6. The Bertz CT molecular complexity index is 916. The van der Waals surface area contributed by atoms with Gasteiger partial charge in [-0.15, -0.1) is 11.8 Å². The molecule has 5 nitrogen and oxygen atoms in total. The fourth-order valence-electron chi connectivity index (χ4n) is 3.45. The number of nitrogens with zero attached hydrogens (tertiary/aromatic N) is 4. The van der Waals surface area contributed by atoms with Crippen LogP contribution in [-0.2, 0) is 0 Å². The molecule has 0 radical (unpaired) electrons. The minimum Gasteiger partial charge on any atom is -0.497 e. The topological polar surface area (TPSA) is 42.7 Å². The molecule has 0 N–H and O–H groups in total. The first kappa shape index (κ1) is 19.5. The van der Waals surface area contributed by atoms with E-state index in [9.17, 15) is 0 Å². The van der Waals surface area contributed by atoms with Crippen molar-refractivity contribution in [3.05, 3.63) is 36.2 Å². The number of rotatable bonds is 8. The van der Waals surface area contributed by atoms with E-state index in [0.29, 0.717) is 0 Å². The van der Waals surface area contributed by atoms with Gasteiger partial charge in [0.25, 0.3) is 0 Å². The van der Waals surface area contributed by atoms with E-state index >= 15 is 0 Å². The van der Waals surface area contributed by atoms with Crippen LogP contribution in [0, 0.1) is 6.92 Å². The lowest BCUT2D eigenvalue weighted by atomic mass is 10.1. The lowest BCUT2D eigenvalue weighted by molar-refractivity contribution is 0.414. The number of benzene rings is 1. The predicted molar refractivity (Wildman–Crippen MR) is 114 cm³/mol. The van der Waals surface area contributed by atoms with Gasteiger partial charge in [0.1, 0.15) is 22.3 Å². The highest BCUT2D eigenvalue weighted by molar-refractivity contribution is 7.98. The lowest BCUT2D eigenvalue weighted by Crippen LogP contribution is -2.26. The third-order valence-corrected chi connectivity index (χ3v) is 5.32. The molecule has 0 amide bonds. The van der Waals surface area contributed by atoms with Crippen LogP contribution in [0.3, 0.4) is 0 Å². The van der Waals surface area contributed by atoms with Gasteiger partial charge in [-0.1, -0.05) is 13.8 Å². The molecule has 2 aromatic heterocycles. The molecule has 27 heavy (non-hydrogen) atoms. The highest BCUT2D eigenvalue weighted by atomic mass is 32.2. The van der Waals surface area contributed by atoms with E-state index in [4.69, 9.17) is 9.72 Å². The Hall–Kier alpha value is -2.21. The largest absolute Gasteiger partial charge is 0.497 e. The summed E-state index contributed by atoms with van der Waals surface area (Å²) >= 11 is 1.69.